The van der Waals surface area contributed by atoms with E-state index in [4.69, 9.17) is 11.6 Å². The summed E-state index contributed by atoms with van der Waals surface area (Å²) in [7, 11) is 0. The van der Waals surface area contributed by atoms with Crippen molar-refractivity contribution in [2.45, 2.75) is 38.6 Å². The smallest absolute Gasteiger partial charge is 0.135 e. The Morgan fingerprint density at radius 2 is 2.11 bits per heavy atom. The molecule has 1 unspecified atom stereocenters. The van der Waals surface area contributed by atoms with Crippen molar-refractivity contribution in [3.8, 4) is 0 Å². The molecule has 1 atom stereocenters. The minimum absolute atomic E-state index is 0.310. The van der Waals surface area contributed by atoms with E-state index in [1.807, 2.05) is 6.07 Å². The quantitative estimate of drug-likeness (QED) is 0.780. The lowest BCUT2D eigenvalue weighted by atomic mass is 10.1. The highest BCUT2D eigenvalue weighted by Gasteiger charge is 2.31. The molecule has 0 bridgehead atoms. The zero-order valence-corrected chi connectivity index (χ0v) is 12.4. The summed E-state index contributed by atoms with van der Waals surface area (Å²) in [4.78, 5) is 14.0. The summed E-state index contributed by atoms with van der Waals surface area (Å²) in [6.07, 6.45) is 2.65. The number of rotatable bonds is 2. The topological polar surface area (TPSA) is 32.3 Å². The van der Waals surface area contributed by atoms with Gasteiger partial charge in [0.1, 0.15) is 16.8 Å². The van der Waals surface area contributed by atoms with Crippen LogP contribution in [-0.2, 0) is 0 Å². The van der Waals surface area contributed by atoms with E-state index < -0.39 is 0 Å². The molecule has 3 heterocycles. The monoisotopic (exact) mass is 280 g/mol. The number of aromatic nitrogens is 2. The molecule has 1 aromatic rings. The second kappa shape index (κ2) is 5.25. The number of fused-ring (bicyclic) bond motifs is 1. The standard InChI is InChI=1S/C14H21ClN4/c1-10(2)14-16-12(15)8-13(17-14)19-7-6-18-5-3-4-11(18)9-19/h8,10-11H,3-7,9H2,1-2H3. The molecule has 2 aliphatic heterocycles. The number of hydrogen-bond donors (Lipinski definition) is 0. The van der Waals surface area contributed by atoms with Crippen LogP contribution in [0.15, 0.2) is 6.07 Å². The van der Waals surface area contributed by atoms with E-state index in [2.05, 4.69) is 33.6 Å². The van der Waals surface area contributed by atoms with Crippen molar-refractivity contribution < 1.29 is 0 Å². The lowest BCUT2D eigenvalue weighted by Crippen LogP contribution is -2.50. The Kier molecular flexibility index (Phi) is 3.63. The van der Waals surface area contributed by atoms with Crippen LogP contribution >= 0.6 is 11.6 Å². The molecular weight excluding hydrogens is 260 g/mol. The van der Waals surface area contributed by atoms with Gasteiger partial charge in [0.2, 0.25) is 0 Å². The number of piperazine rings is 1. The van der Waals surface area contributed by atoms with Crippen LogP contribution in [0.1, 0.15) is 38.4 Å². The molecule has 0 spiro atoms. The summed E-state index contributed by atoms with van der Waals surface area (Å²) >= 11 is 6.14. The van der Waals surface area contributed by atoms with Gasteiger partial charge in [-0.25, -0.2) is 9.97 Å². The minimum Gasteiger partial charge on any atom is -0.354 e. The van der Waals surface area contributed by atoms with Gasteiger partial charge in [-0.3, -0.25) is 4.90 Å². The second-order valence-electron chi connectivity index (χ2n) is 5.84. The molecule has 4 nitrogen and oxygen atoms in total. The summed E-state index contributed by atoms with van der Waals surface area (Å²) in [5.41, 5.74) is 0. The van der Waals surface area contributed by atoms with Gasteiger partial charge in [-0.1, -0.05) is 25.4 Å². The van der Waals surface area contributed by atoms with Crippen molar-refractivity contribution >= 4 is 17.4 Å². The fraction of sp³-hybridized carbons (Fsp3) is 0.714. The van der Waals surface area contributed by atoms with E-state index in [-0.39, 0.29) is 0 Å². The molecule has 0 aromatic carbocycles. The Balaban J connectivity index is 1.81. The van der Waals surface area contributed by atoms with Crippen LogP contribution in [0.3, 0.4) is 0 Å². The summed E-state index contributed by atoms with van der Waals surface area (Å²) in [6.45, 7) is 8.73. The first-order chi connectivity index (χ1) is 9.13. The number of anilines is 1. The second-order valence-corrected chi connectivity index (χ2v) is 6.23. The zero-order valence-electron chi connectivity index (χ0n) is 11.6. The van der Waals surface area contributed by atoms with Gasteiger partial charge < -0.3 is 4.90 Å². The van der Waals surface area contributed by atoms with Crippen molar-refractivity contribution in [2.75, 3.05) is 31.1 Å². The SMILES string of the molecule is CC(C)c1nc(Cl)cc(N2CCN3CCCC3C2)n1. The van der Waals surface area contributed by atoms with Crippen molar-refractivity contribution in [3.63, 3.8) is 0 Å². The van der Waals surface area contributed by atoms with E-state index in [0.717, 1.165) is 31.3 Å². The van der Waals surface area contributed by atoms with Gasteiger partial charge >= 0.3 is 0 Å². The minimum atomic E-state index is 0.310. The predicted octanol–water partition coefficient (Wildman–Crippen LogP) is 2.54. The first kappa shape index (κ1) is 13.1. The number of nitrogens with zero attached hydrogens (tertiary/aromatic N) is 4. The first-order valence-corrected chi connectivity index (χ1v) is 7.55. The van der Waals surface area contributed by atoms with Gasteiger partial charge in [0, 0.05) is 37.7 Å². The van der Waals surface area contributed by atoms with Crippen molar-refractivity contribution in [1.82, 2.24) is 14.9 Å². The Bertz CT molecular complexity index is 463. The van der Waals surface area contributed by atoms with Crippen LogP contribution < -0.4 is 4.90 Å². The third kappa shape index (κ3) is 2.70. The van der Waals surface area contributed by atoms with Gasteiger partial charge in [0.25, 0.3) is 0 Å². The molecule has 2 saturated heterocycles. The van der Waals surface area contributed by atoms with E-state index in [9.17, 15) is 0 Å². The van der Waals surface area contributed by atoms with Gasteiger partial charge in [0.15, 0.2) is 0 Å². The highest BCUT2D eigenvalue weighted by Crippen LogP contribution is 2.26. The summed E-state index contributed by atoms with van der Waals surface area (Å²) in [5, 5.41) is 0.558. The number of hydrogen-bond acceptors (Lipinski definition) is 4. The third-order valence-electron chi connectivity index (χ3n) is 4.13. The fourth-order valence-electron chi connectivity index (χ4n) is 3.04. The maximum absolute atomic E-state index is 6.14. The van der Waals surface area contributed by atoms with Crippen molar-refractivity contribution in [3.05, 3.63) is 17.0 Å². The van der Waals surface area contributed by atoms with Crippen LogP contribution in [0.4, 0.5) is 5.82 Å². The van der Waals surface area contributed by atoms with E-state index in [0.29, 0.717) is 17.1 Å². The molecule has 2 fully saturated rings. The Morgan fingerprint density at radius 3 is 2.89 bits per heavy atom. The average molecular weight is 281 g/mol. The van der Waals surface area contributed by atoms with Crippen LogP contribution in [0.5, 0.6) is 0 Å². The maximum atomic E-state index is 6.14. The molecule has 104 valence electrons. The molecule has 2 aliphatic rings. The van der Waals surface area contributed by atoms with Crippen molar-refractivity contribution in [1.29, 1.82) is 0 Å². The molecule has 0 saturated carbocycles. The molecule has 3 rings (SSSR count). The molecular formula is C14H21ClN4. The summed E-state index contributed by atoms with van der Waals surface area (Å²) < 4.78 is 0. The average Bonchev–Trinajstić information content (AvgIpc) is 2.85. The highest BCUT2D eigenvalue weighted by molar-refractivity contribution is 6.29. The molecule has 1 aromatic heterocycles. The molecule has 0 N–H and O–H groups in total. The lowest BCUT2D eigenvalue weighted by molar-refractivity contribution is 0.230. The van der Waals surface area contributed by atoms with Crippen LogP contribution in [-0.4, -0.2) is 47.1 Å². The molecule has 5 heteroatoms. The highest BCUT2D eigenvalue weighted by atomic mass is 35.5. The van der Waals surface area contributed by atoms with E-state index >= 15 is 0 Å². The Hall–Kier alpha value is -0.870. The summed E-state index contributed by atoms with van der Waals surface area (Å²) in [5.74, 6) is 2.15. The molecule has 0 aliphatic carbocycles. The van der Waals surface area contributed by atoms with Gasteiger partial charge in [-0.05, 0) is 19.4 Å². The van der Waals surface area contributed by atoms with Gasteiger partial charge in [-0.15, -0.1) is 0 Å². The summed E-state index contributed by atoms with van der Waals surface area (Å²) in [6, 6.07) is 2.60. The largest absolute Gasteiger partial charge is 0.354 e. The normalized spacial score (nSPS) is 24.0. The predicted molar refractivity (Wildman–Crippen MR) is 77.9 cm³/mol. The molecule has 19 heavy (non-hydrogen) atoms. The number of halogens is 1. The zero-order chi connectivity index (χ0) is 13.4. The van der Waals surface area contributed by atoms with Crippen LogP contribution in [0.25, 0.3) is 0 Å². The Morgan fingerprint density at radius 1 is 1.26 bits per heavy atom. The van der Waals surface area contributed by atoms with E-state index in [1.165, 1.54) is 19.4 Å². The fourth-order valence-corrected chi connectivity index (χ4v) is 3.23. The van der Waals surface area contributed by atoms with Gasteiger partial charge in [0.05, 0.1) is 0 Å². The van der Waals surface area contributed by atoms with Crippen LogP contribution in [0.2, 0.25) is 5.15 Å². The van der Waals surface area contributed by atoms with E-state index in [1.54, 1.807) is 0 Å². The van der Waals surface area contributed by atoms with Crippen LogP contribution in [0, 0.1) is 0 Å². The lowest BCUT2D eigenvalue weighted by Gasteiger charge is -2.38. The molecule has 0 radical (unpaired) electrons. The first-order valence-electron chi connectivity index (χ1n) is 7.17. The maximum Gasteiger partial charge on any atom is 0.135 e. The van der Waals surface area contributed by atoms with Gasteiger partial charge in [-0.2, -0.15) is 0 Å². The molecule has 0 amide bonds. The Labute approximate surface area is 119 Å². The third-order valence-corrected chi connectivity index (χ3v) is 4.32. The van der Waals surface area contributed by atoms with Crippen molar-refractivity contribution in [2.24, 2.45) is 0 Å².